The highest BCUT2D eigenvalue weighted by Crippen LogP contribution is 2.32. The van der Waals surface area contributed by atoms with Gasteiger partial charge in [-0.05, 0) is 37.1 Å². The molecule has 0 aliphatic carbocycles. The van der Waals surface area contributed by atoms with Gasteiger partial charge in [0.1, 0.15) is 0 Å². The molecule has 2 amide bonds. The first kappa shape index (κ1) is 21.2. The predicted octanol–water partition coefficient (Wildman–Crippen LogP) is 3.46. The van der Waals surface area contributed by atoms with Gasteiger partial charge in [-0.1, -0.05) is 52.0 Å². The molecule has 1 rings (SSSR count). The molecule has 0 heterocycles. The third kappa shape index (κ3) is 6.88. The van der Waals surface area contributed by atoms with Crippen molar-refractivity contribution in [3.05, 3.63) is 40.8 Å². The van der Waals surface area contributed by atoms with Crippen LogP contribution in [0.3, 0.4) is 0 Å². The van der Waals surface area contributed by atoms with Gasteiger partial charge in [0.25, 0.3) is 10.0 Å². The Morgan fingerprint density at radius 3 is 2.08 bits per heavy atom. The first-order valence-corrected chi connectivity index (χ1v) is 9.86. The minimum Gasteiger partial charge on any atom is -0.307 e. The molecule has 0 aromatic heterocycles. The van der Waals surface area contributed by atoms with Gasteiger partial charge in [-0.25, -0.2) is 17.9 Å². The fourth-order valence-electron chi connectivity index (χ4n) is 2.38. The van der Waals surface area contributed by atoms with Crippen LogP contribution >= 0.6 is 0 Å². The summed E-state index contributed by atoms with van der Waals surface area (Å²) in [6, 6.07) is 5.08. The van der Waals surface area contributed by atoms with Crippen molar-refractivity contribution in [1.82, 2.24) is 9.62 Å². The number of sulfonamides is 1. The van der Waals surface area contributed by atoms with E-state index in [-0.39, 0.29) is 11.8 Å². The van der Waals surface area contributed by atoms with E-state index in [0.717, 1.165) is 16.5 Å². The summed E-state index contributed by atoms with van der Waals surface area (Å²) in [5.74, 6) is 0.399. The Bertz CT molecular complexity index is 697. The number of hydrogen-bond donors (Lipinski definition) is 2. The van der Waals surface area contributed by atoms with Crippen LogP contribution in [0.15, 0.2) is 29.7 Å². The number of para-hydroxylation sites is 1. The van der Waals surface area contributed by atoms with Crippen molar-refractivity contribution in [3.8, 4) is 0 Å². The molecule has 140 valence electrons. The summed E-state index contributed by atoms with van der Waals surface area (Å²) in [7, 11) is -0.178. The maximum atomic E-state index is 12.2. The average Bonchev–Trinajstić information content (AvgIpc) is 2.45. The van der Waals surface area contributed by atoms with E-state index in [9.17, 15) is 13.2 Å². The average molecular weight is 368 g/mol. The van der Waals surface area contributed by atoms with E-state index in [1.54, 1.807) is 0 Å². The van der Waals surface area contributed by atoms with Crippen LogP contribution in [0, 0.1) is 0 Å². The Morgan fingerprint density at radius 2 is 1.64 bits per heavy atom. The molecule has 0 aliphatic heterocycles. The molecule has 1 aromatic rings. The molecule has 0 saturated carbocycles. The molecule has 0 fully saturated rings. The zero-order chi connectivity index (χ0) is 19.2. The normalized spacial score (nSPS) is 12.4. The Kier molecular flexibility index (Phi) is 7.63. The minimum absolute atomic E-state index is 0.200. The quantitative estimate of drug-likeness (QED) is 0.773. The number of carbonyl (C=O) groups excluding carboxylic acids is 1. The second-order valence-electron chi connectivity index (χ2n) is 6.86. The maximum absolute atomic E-state index is 12.2. The van der Waals surface area contributed by atoms with Crippen molar-refractivity contribution in [1.29, 1.82) is 0 Å². The topological polar surface area (TPSA) is 78.5 Å². The van der Waals surface area contributed by atoms with Gasteiger partial charge in [-0.3, -0.25) is 0 Å². The van der Waals surface area contributed by atoms with Gasteiger partial charge in [0.15, 0.2) is 0 Å². The molecule has 0 saturated heterocycles. The fourth-order valence-corrected chi connectivity index (χ4v) is 3.10. The Balaban J connectivity index is 2.99. The lowest BCUT2D eigenvalue weighted by atomic mass is 9.93. The van der Waals surface area contributed by atoms with Gasteiger partial charge in [-0.2, -0.15) is 0 Å². The molecule has 0 aliphatic rings. The predicted molar refractivity (Wildman–Crippen MR) is 103 cm³/mol. The number of benzene rings is 1. The van der Waals surface area contributed by atoms with E-state index in [2.05, 4.69) is 5.32 Å². The summed E-state index contributed by atoms with van der Waals surface area (Å²) in [6.45, 7) is 8.59. The Hall–Kier alpha value is -1.86. The number of nitrogens with one attached hydrogen (secondary N) is 2. The van der Waals surface area contributed by atoms with E-state index in [1.165, 1.54) is 6.08 Å². The van der Waals surface area contributed by atoms with Crippen LogP contribution in [0.25, 0.3) is 0 Å². The Labute approximate surface area is 151 Å². The molecular weight excluding hydrogens is 338 g/mol. The first-order chi connectivity index (χ1) is 11.5. The van der Waals surface area contributed by atoms with Crippen LogP contribution in [-0.2, 0) is 10.0 Å². The highest BCUT2D eigenvalue weighted by atomic mass is 32.2. The van der Waals surface area contributed by atoms with Gasteiger partial charge >= 0.3 is 6.03 Å². The standard InChI is InChI=1S/C18H29N3O3S/c1-13(2)15-9-7-10-16(14(3)4)17(15)19-18(22)20-25(23,24)12-8-11-21(5)6/h7-10,12-14H,11H2,1-6H3,(H2,19,20,22)/b12-8+. The van der Waals surface area contributed by atoms with Crippen LogP contribution in [0.4, 0.5) is 10.5 Å². The van der Waals surface area contributed by atoms with Gasteiger partial charge in [0.05, 0.1) is 0 Å². The maximum Gasteiger partial charge on any atom is 0.333 e. The van der Waals surface area contributed by atoms with E-state index >= 15 is 0 Å². The van der Waals surface area contributed by atoms with Crippen molar-refractivity contribution in [2.45, 2.75) is 39.5 Å². The van der Waals surface area contributed by atoms with Crippen LogP contribution in [-0.4, -0.2) is 40.0 Å². The third-order valence-electron chi connectivity index (χ3n) is 3.59. The monoisotopic (exact) mass is 367 g/mol. The van der Waals surface area contributed by atoms with Crippen LogP contribution < -0.4 is 10.0 Å². The lowest BCUT2D eigenvalue weighted by molar-refractivity contribution is 0.256. The molecule has 0 radical (unpaired) electrons. The summed E-state index contributed by atoms with van der Waals surface area (Å²) >= 11 is 0. The van der Waals surface area contributed by atoms with E-state index < -0.39 is 16.1 Å². The SMILES string of the molecule is CC(C)c1cccc(C(C)C)c1NC(=O)NS(=O)(=O)/C=C/CN(C)C. The van der Waals surface area contributed by atoms with Crippen molar-refractivity contribution < 1.29 is 13.2 Å². The number of urea groups is 1. The highest BCUT2D eigenvalue weighted by Gasteiger charge is 2.18. The lowest BCUT2D eigenvalue weighted by Gasteiger charge is -2.20. The lowest BCUT2D eigenvalue weighted by Crippen LogP contribution is -2.33. The number of carbonyl (C=O) groups is 1. The summed E-state index contributed by atoms with van der Waals surface area (Å²) in [4.78, 5) is 14.0. The van der Waals surface area contributed by atoms with Crippen LogP contribution in [0.1, 0.15) is 50.7 Å². The molecule has 25 heavy (non-hydrogen) atoms. The zero-order valence-corrected chi connectivity index (χ0v) is 16.6. The third-order valence-corrected chi connectivity index (χ3v) is 4.61. The summed E-state index contributed by atoms with van der Waals surface area (Å²) in [5.41, 5.74) is 2.63. The largest absolute Gasteiger partial charge is 0.333 e. The highest BCUT2D eigenvalue weighted by molar-refractivity contribution is 7.92. The van der Waals surface area contributed by atoms with Crippen LogP contribution in [0.5, 0.6) is 0 Å². The van der Waals surface area contributed by atoms with Crippen molar-refractivity contribution >= 4 is 21.7 Å². The molecular formula is C18H29N3O3S. The van der Waals surface area contributed by atoms with Gasteiger partial charge in [0.2, 0.25) is 0 Å². The zero-order valence-electron chi connectivity index (χ0n) is 15.8. The van der Waals surface area contributed by atoms with Crippen molar-refractivity contribution in [3.63, 3.8) is 0 Å². The molecule has 0 unspecified atom stereocenters. The summed E-state index contributed by atoms with van der Waals surface area (Å²) in [5, 5.41) is 3.73. The van der Waals surface area contributed by atoms with Gasteiger partial charge < -0.3 is 10.2 Å². The number of likely N-dealkylation sites (N-methyl/N-ethyl adjacent to an activating group) is 1. The van der Waals surface area contributed by atoms with Crippen molar-refractivity contribution in [2.24, 2.45) is 0 Å². The summed E-state index contributed by atoms with van der Waals surface area (Å²) in [6.07, 6.45) is 1.48. The van der Waals surface area contributed by atoms with Gasteiger partial charge in [0, 0.05) is 17.6 Å². The molecule has 0 atom stereocenters. The molecule has 0 spiro atoms. The number of nitrogens with zero attached hydrogens (tertiary/aromatic N) is 1. The summed E-state index contributed by atoms with van der Waals surface area (Å²) < 4.78 is 26.0. The van der Waals surface area contributed by atoms with E-state index in [0.29, 0.717) is 12.2 Å². The number of amides is 2. The van der Waals surface area contributed by atoms with Crippen LogP contribution in [0.2, 0.25) is 0 Å². The Morgan fingerprint density at radius 1 is 1.12 bits per heavy atom. The van der Waals surface area contributed by atoms with E-state index in [4.69, 9.17) is 0 Å². The van der Waals surface area contributed by atoms with Crippen molar-refractivity contribution in [2.75, 3.05) is 26.0 Å². The number of hydrogen-bond acceptors (Lipinski definition) is 4. The molecule has 2 N–H and O–H groups in total. The second kappa shape index (κ2) is 9.01. The molecule has 6 nitrogen and oxygen atoms in total. The van der Waals surface area contributed by atoms with E-state index in [1.807, 2.05) is 69.6 Å². The van der Waals surface area contributed by atoms with Gasteiger partial charge in [-0.15, -0.1) is 0 Å². The minimum atomic E-state index is -3.83. The smallest absolute Gasteiger partial charge is 0.307 e. The first-order valence-electron chi connectivity index (χ1n) is 8.31. The number of anilines is 1. The number of rotatable bonds is 7. The fraction of sp³-hybridized carbons (Fsp3) is 0.500. The molecule has 7 heteroatoms. The molecule has 0 bridgehead atoms. The molecule has 1 aromatic carbocycles. The second-order valence-corrected chi connectivity index (χ2v) is 8.42.